The van der Waals surface area contributed by atoms with Crippen molar-refractivity contribution in [3.63, 3.8) is 0 Å². The van der Waals surface area contributed by atoms with Crippen molar-refractivity contribution < 1.29 is 15.0 Å². The van der Waals surface area contributed by atoms with Crippen molar-refractivity contribution in [2.24, 2.45) is 5.41 Å². The van der Waals surface area contributed by atoms with Crippen molar-refractivity contribution in [1.29, 1.82) is 0 Å². The molecule has 21 heavy (non-hydrogen) atoms. The minimum absolute atomic E-state index is 0.0629. The van der Waals surface area contributed by atoms with Crippen molar-refractivity contribution in [3.8, 4) is 5.75 Å². The highest BCUT2D eigenvalue weighted by Gasteiger charge is 2.42. The molecule has 0 radical (unpaired) electrons. The molecule has 5 nitrogen and oxygen atoms in total. The summed E-state index contributed by atoms with van der Waals surface area (Å²) in [7, 11) is 0. The number of hydrogen-bond acceptors (Lipinski definition) is 3. The van der Waals surface area contributed by atoms with Gasteiger partial charge in [-0.05, 0) is 50.3 Å². The number of aliphatic hydroxyl groups is 1. The maximum atomic E-state index is 11.8. The van der Waals surface area contributed by atoms with Gasteiger partial charge in [-0.2, -0.15) is 0 Å². The zero-order chi connectivity index (χ0) is 15.3. The van der Waals surface area contributed by atoms with Gasteiger partial charge in [0.15, 0.2) is 0 Å². The first kappa shape index (κ1) is 15.6. The lowest BCUT2D eigenvalue weighted by atomic mass is 10.1. The summed E-state index contributed by atoms with van der Waals surface area (Å²) < 4.78 is 0. The fourth-order valence-electron chi connectivity index (χ4n) is 2.23. The van der Waals surface area contributed by atoms with Gasteiger partial charge in [0, 0.05) is 18.0 Å². The second-order valence-electron chi connectivity index (χ2n) is 6.09. The first-order valence-electron chi connectivity index (χ1n) is 7.46. The van der Waals surface area contributed by atoms with Crippen LogP contribution in [0.15, 0.2) is 24.3 Å². The van der Waals surface area contributed by atoms with E-state index >= 15 is 0 Å². The number of amides is 2. The highest BCUT2D eigenvalue weighted by Crippen LogP contribution is 2.44. The third kappa shape index (κ3) is 4.93. The van der Waals surface area contributed by atoms with E-state index in [0.29, 0.717) is 6.54 Å². The summed E-state index contributed by atoms with van der Waals surface area (Å²) in [6.07, 6.45) is 3.66. The van der Waals surface area contributed by atoms with Crippen molar-refractivity contribution in [3.05, 3.63) is 29.8 Å². The second kappa shape index (κ2) is 6.80. The van der Waals surface area contributed by atoms with Crippen LogP contribution >= 0.6 is 0 Å². The SMILES string of the molecule is CC(CCc1ccc(O)cc1)NC(=O)NCC1(CO)CC1. The number of rotatable bonds is 7. The number of aromatic hydroxyl groups is 1. The lowest BCUT2D eigenvalue weighted by Crippen LogP contribution is -2.43. The average Bonchev–Trinajstić information content (AvgIpc) is 3.25. The predicted molar refractivity (Wildman–Crippen MR) is 81.2 cm³/mol. The van der Waals surface area contributed by atoms with Crippen molar-refractivity contribution in [2.45, 2.75) is 38.6 Å². The third-order valence-corrected chi connectivity index (χ3v) is 4.10. The molecule has 0 bridgehead atoms. The van der Waals surface area contributed by atoms with Crippen LogP contribution in [0.3, 0.4) is 0 Å². The van der Waals surface area contributed by atoms with E-state index in [4.69, 9.17) is 0 Å². The summed E-state index contributed by atoms with van der Waals surface area (Å²) in [4.78, 5) is 11.8. The molecule has 1 saturated carbocycles. The van der Waals surface area contributed by atoms with Gasteiger partial charge in [0.2, 0.25) is 0 Å². The van der Waals surface area contributed by atoms with Gasteiger partial charge < -0.3 is 20.8 Å². The fraction of sp³-hybridized carbons (Fsp3) is 0.562. The molecule has 1 fully saturated rings. The van der Waals surface area contributed by atoms with Gasteiger partial charge >= 0.3 is 6.03 Å². The molecule has 0 aliphatic heterocycles. The fourth-order valence-corrected chi connectivity index (χ4v) is 2.23. The van der Waals surface area contributed by atoms with Gasteiger partial charge in [0.05, 0.1) is 6.61 Å². The van der Waals surface area contributed by atoms with Crippen LogP contribution in [0, 0.1) is 5.41 Å². The number of benzene rings is 1. The minimum atomic E-state index is -0.173. The first-order chi connectivity index (χ1) is 10.0. The highest BCUT2D eigenvalue weighted by atomic mass is 16.3. The summed E-state index contributed by atoms with van der Waals surface area (Å²) in [6.45, 7) is 2.66. The lowest BCUT2D eigenvalue weighted by Gasteiger charge is -2.17. The number of carbonyl (C=O) groups is 1. The Bertz CT molecular complexity index is 469. The molecule has 0 heterocycles. The van der Waals surface area contributed by atoms with Crippen LogP contribution < -0.4 is 10.6 Å². The molecule has 116 valence electrons. The molecule has 0 saturated heterocycles. The Hall–Kier alpha value is -1.75. The van der Waals surface area contributed by atoms with Gasteiger partial charge in [-0.25, -0.2) is 4.79 Å². The van der Waals surface area contributed by atoms with Crippen LogP contribution in [0.2, 0.25) is 0 Å². The lowest BCUT2D eigenvalue weighted by molar-refractivity contribution is 0.202. The number of urea groups is 1. The quantitative estimate of drug-likeness (QED) is 0.618. The van der Waals surface area contributed by atoms with Crippen LogP contribution in [0.4, 0.5) is 4.79 Å². The van der Waals surface area contributed by atoms with Gasteiger partial charge in [-0.1, -0.05) is 12.1 Å². The Morgan fingerprint density at radius 2 is 2.00 bits per heavy atom. The molecule has 4 N–H and O–H groups in total. The molecule has 1 unspecified atom stereocenters. The number of carbonyl (C=O) groups excluding carboxylic acids is 1. The number of hydrogen-bond donors (Lipinski definition) is 4. The Morgan fingerprint density at radius 1 is 1.33 bits per heavy atom. The third-order valence-electron chi connectivity index (χ3n) is 4.10. The summed E-state index contributed by atoms with van der Waals surface area (Å²) in [5, 5.41) is 24.1. The van der Waals surface area contributed by atoms with E-state index in [1.54, 1.807) is 12.1 Å². The Kier molecular flexibility index (Phi) is 5.07. The summed E-state index contributed by atoms with van der Waals surface area (Å²) >= 11 is 0. The van der Waals surface area contributed by atoms with E-state index in [0.717, 1.165) is 31.2 Å². The topological polar surface area (TPSA) is 81.6 Å². The van der Waals surface area contributed by atoms with E-state index < -0.39 is 0 Å². The number of phenolic OH excluding ortho intramolecular Hbond substituents is 1. The number of aryl methyl sites for hydroxylation is 1. The van der Waals surface area contributed by atoms with Crippen molar-refractivity contribution >= 4 is 6.03 Å². The Labute approximate surface area is 125 Å². The number of nitrogens with one attached hydrogen (secondary N) is 2. The monoisotopic (exact) mass is 292 g/mol. The zero-order valence-corrected chi connectivity index (χ0v) is 12.4. The molecule has 0 spiro atoms. The standard InChI is InChI=1S/C16H24N2O3/c1-12(2-3-13-4-6-14(20)7-5-13)18-15(21)17-10-16(11-19)8-9-16/h4-7,12,19-20H,2-3,8-11H2,1H3,(H2,17,18,21). The minimum Gasteiger partial charge on any atom is -0.508 e. The number of phenols is 1. The van der Waals surface area contributed by atoms with Crippen LogP contribution in [0.5, 0.6) is 5.75 Å². The maximum absolute atomic E-state index is 11.8. The van der Waals surface area contributed by atoms with E-state index in [9.17, 15) is 15.0 Å². The number of aliphatic hydroxyl groups excluding tert-OH is 1. The van der Waals surface area contributed by atoms with Crippen LogP contribution in [0.1, 0.15) is 31.7 Å². The van der Waals surface area contributed by atoms with Crippen molar-refractivity contribution in [2.75, 3.05) is 13.2 Å². The molecule has 5 heteroatoms. The van der Waals surface area contributed by atoms with E-state index in [-0.39, 0.29) is 29.8 Å². The van der Waals surface area contributed by atoms with Gasteiger partial charge in [0.1, 0.15) is 5.75 Å². The Balaban J connectivity index is 1.65. The molecule has 2 rings (SSSR count). The summed E-state index contributed by atoms with van der Waals surface area (Å²) in [5.41, 5.74) is 1.08. The zero-order valence-electron chi connectivity index (χ0n) is 12.4. The molecule has 1 aromatic carbocycles. The van der Waals surface area contributed by atoms with E-state index in [2.05, 4.69) is 10.6 Å². The molecule has 1 aromatic rings. The molecule has 1 atom stereocenters. The average molecular weight is 292 g/mol. The van der Waals surface area contributed by atoms with Gasteiger partial charge in [0.25, 0.3) is 0 Å². The van der Waals surface area contributed by atoms with E-state index in [1.165, 1.54) is 0 Å². The molecular formula is C16H24N2O3. The smallest absolute Gasteiger partial charge is 0.315 e. The molecule has 1 aliphatic rings. The van der Waals surface area contributed by atoms with Crippen molar-refractivity contribution in [1.82, 2.24) is 10.6 Å². The van der Waals surface area contributed by atoms with Gasteiger partial charge in [-0.15, -0.1) is 0 Å². The summed E-state index contributed by atoms with van der Waals surface area (Å²) in [5.74, 6) is 0.266. The molecular weight excluding hydrogens is 268 g/mol. The van der Waals surface area contributed by atoms with Gasteiger partial charge in [-0.3, -0.25) is 0 Å². The second-order valence-corrected chi connectivity index (χ2v) is 6.09. The summed E-state index contributed by atoms with van der Waals surface area (Å²) in [6, 6.07) is 7.02. The highest BCUT2D eigenvalue weighted by molar-refractivity contribution is 5.74. The normalized spacial score (nSPS) is 17.0. The molecule has 0 aromatic heterocycles. The predicted octanol–water partition coefficient (Wildman–Crippen LogP) is 1.78. The van der Waals surface area contributed by atoms with Crippen LogP contribution in [0.25, 0.3) is 0 Å². The largest absolute Gasteiger partial charge is 0.508 e. The maximum Gasteiger partial charge on any atom is 0.315 e. The molecule has 1 aliphatic carbocycles. The molecule has 2 amide bonds. The van der Waals surface area contributed by atoms with E-state index in [1.807, 2.05) is 19.1 Å². The van der Waals surface area contributed by atoms with Crippen LogP contribution in [-0.2, 0) is 6.42 Å². The Morgan fingerprint density at radius 3 is 2.57 bits per heavy atom. The van der Waals surface area contributed by atoms with Crippen LogP contribution in [-0.4, -0.2) is 35.4 Å². The first-order valence-corrected chi connectivity index (χ1v) is 7.46.